The molecular weight excluding hydrogens is 386 g/mol. The van der Waals surface area contributed by atoms with E-state index in [1.165, 1.54) is 5.56 Å². The third-order valence-corrected chi connectivity index (χ3v) is 5.69. The van der Waals surface area contributed by atoms with Crippen molar-refractivity contribution in [2.24, 2.45) is 5.92 Å². The predicted octanol–water partition coefficient (Wildman–Crippen LogP) is 5.77. The number of fused-ring (bicyclic) bond motifs is 1. The van der Waals surface area contributed by atoms with Crippen LogP contribution >= 0.6 is 0 Å². The maximum absolute atomic E-state index is 13.3. The van der Waals surface area contributed by atoms with Crippen LogP contribution in [0.4, 0.5) is 0 Å². The summed E-state index contributed by atoms with van der Waals surface area (Å²) in [5.74, 6) is 1.21. The van der Waals surface area contributed by atoms with Crippen molar-refractivity contribution in [2.45, 2.75) is 46.6 Å². The van der Waals surface area contributed by atoms with E-state index in [-0.39, 0.29) is 11.9 Å². The van der Waals surface area contributed by atoms with E-state index in [9.17, 15) is 4.79 Å². The summed E-state index contributed by atoms with van der Waals surface area (Å²) in [6.45, 7) is 9.88. The minimum Gasteiger partial charge on any atom is -0.494 e. The fourth-order valence-corrected chi connectivity index (χ4v) is 4.17. The zero-order valence-corrected chi connectivity index (χ0v) is 18.8. The average molecular weight is 418 g/mol. The first-order valence-electron chi connectivity index (χ1n) is 11.2. The summed E-state index contributed by atoms with van der Waals surface area (Å²) < 4.78 is 5.96. The maximum atomic E-state index is 13.3. The highest BCUT2D eigenvalue weighted by atomic mass is 16.5. The van der Waals surface area contributed by atoms with Gasteiger partial charge in [-0.1, -0.05) is 69.2 Å². The molecule has 1 amide bonds. The van der Waals surface area contributed by atoms with Crippen molar-refractivity contribution < 1.29 is 9.53 Å². The molecule has 1 aliphatic heterocycles. The lowest BCUT2D eigenvalue weighted by Gasteiger charge is -2.28. The molecule has 1 N–H and O–H groups in total. The number of amides is 1. The molecule has 162 valence electrons. The fraction of sp³-hybridized carbons (Fsp3) is 0.385. The van der Waals surface area contributed by atoms with Gasteiger partial charge in [-0.05, 0) is 37.0 Å². The average Bonchev–Trinajstić information content (AvgIpc) is 3.28. The molecule has 0 aliphatic carbocycles. The van der Waals surface area contributed by atoms with Crippen LogP contribution in [0.5, 0.6) is 5.75 Å². The van der Waals surface area contributed by atoms with Gasteiger partial charge in [-0.2, -0.15) is 5.10 Å². The number of carbonyl (C=O) groups excluding carboxylic acids is 1. The monoisotopic (exact) mass is 417 g/mol. The number of H-pyrrole nitrogens is 1. The zero-order chi connectivity index (χ0) is 22.0. The molecule has 5 nitrogen and oxygen atoms in total. The first kappa shape index (κ1) is 21.2. The van der Waals surface area contributed by atoms with Crippen molar-refractivity contribution in [3.8, 4) is 17.0 Å². The summed E-state index contributed by atoms with van der Waals surface area (Å²) in [5.41, 5.74) is 5.66. The second-order valence-corrected chi connectivity index (χ2v) is 8.76. The molecule has 2 heterocycles. The first-order valence-corrected chi connectivity index (χ1v) is 11.2. The van der Waals surface area contributed by atoms with E-state index in [1.807, 2.05) is 17.0 Å². The molecule has 0 saturated heterocycles. The second kappa shape index (κ2) is 8.96. The molecule has 1 aliphatic rings. The number of nitrogens with one attached hydrogen (secondary N) is 1. The molecule has 0 spiro atoms. The van der Waals surface area contributed by atoms with Crippen molar-refractivity contribution in [2.75, 3.05) is 13.2 Å². The van der Waals surface area contributed by atoms with E-state index in [0.717, 1.165) is 41.0 Å². The Morgan fingerprint density at radius 2 is 1.94 bits per heavy atom. The van der Waals surface area contributed by atoms with Crippen molar-refractivity contribution in [3.05, 3.63) is 70.9 Å². The van der Waals surface area contributed by atoms with Crippen molar-refractivity contribution >= 4 is 5.91 Å². The Balaban J connectivity index is 1.78. The van der Waals surface area contributed by atoms with Crippen LogP contribution in [0, 0.1) is 12.8 Å². The van der Waals surface area contributed by atoms with E-state index in [1.54, 1.807) is 0 Å². The van der Waals surface area contributed by atoms with Gasteiger partial charge in [0.1, 0.15) is 11.4 Å². The SMILES string of the molecule is CCCCOc1cccc(C2c3c(-c4ccc(C)cc4)n[nH]c3C(=O)N2CC(C)C)c1. The molecule has 0 fully saturated rings. The van der Waals surface area contributed by atoms with Crippen LogP contribution in [-0.2, 0) is 0 Å². The van der Waals surface area contributed by atoms with Gasteiger partial charge in [0.2, 0.25) is 0 Å². The van der Waals surface area contributed by atoms with Gasteiger partial charge in [-0.15, -0.1) is 0 Å². The van der Waals surface area contributed by atoms with Gasteiger partial charge in [-0.25, -0.2) is 0 Å². The highest BCUT2D eigenvalue weighted by Crippen LogP contribution is 2.43. The number of hydrogen-bond donors (Lipinski definition) is 1. The van der Waals surface area contributed by atoms with Crippen LogP contribution in [0.1, 0.15) is 66.8 Å². The van der Waals surface area contributed by atoms with Crippen LogP contribution in [0.3, 0.4) is 0 Å². The number of hydrogen-bond acceptors (Lipinski definition) is 3. The minimum absolute atomic E-state index is 0.0110. The number of benzene rings is 2. The summed E-state index contributed by atoms with van der Waals surface area (Å²) in [6, 6.07) is 16.3. The number of aryl methyl sites for hydroxylation is 1. The van der Waals surface area contributed by atoms with Crippen molar-refractivity contribution in [1.29, 1.82) is 0 Å². The summed E-state index contributed by atoms with van der Waals surface area (Å²) in [4.78, 5) is 15.3. The van der Waals surface area contributed by atoms with E-state index >= 15 is 0 Å². The normalized spacial score (nSPS) is 15.6. The number of rotatable bonds is 8. The molecule has 31 heavy (non-hydrogen) atoms. The molecule has 3 aromatic rings. The highest BCUT2D eigenvalue weighted by Gasteiger charge is 2.42. The lowest BCUT2D eigenvalue weighted by molar-refractivity contribution is 0.0722. The number of nitrogens with zero attached hydrogens (tertiary/aromatic N) is 2. The molecule has 0 saturated carbocycles. The van der Waals surface area contributed by atoms with Crippen LogP contribution in [0.25, 0.3) is 11.3 Å². The molecule has 0 radical (unpaired) electrons. The van der Waals surface area contributed by atoms with Gasteiger partial charge in [0, 0.05) is 17.7 Å². The number of carbonyl (C=O) groups is 1. The molecule has 0 bridgehead atoms. The Hall–Kier alpha value is -3.08. The molecule has 5 heteroatoms. The van der Waals surface area contributed by atoms with E-state index in [0.29, 0.717) is 24.8 Å². The largest absolute Gasteiger partial charge is 0.494 e. The standard InChI is InChI=1S/C26H31N3O2/c1-5-6-14-31-21-9-7-8-20(15-21)25-22-23(19-12-10-18(4)11-13-19)27-28-24(22)26(30)29(25)16-17(2)3/h7-13,15,17,25H,5-6,14,16H2,1-4H3,(H,27,28). The Morgan fingerprint density at radius 3 is 2.65 bits per heavy atom. The third kappa shape index (κ3) is 4.22. The Bertz CT molecular complexity index is 1050. The summed E-state index contributed by atoms with van der Waals surface area (Å²) in [7, 11) is 0. The van der Waals surface area contributed by atoms with E-state index < -0.39 is 0 Å². The van der Waals surface area contributed by atoms with Crippen LogP contribution in [0.15, 0.2) is 48.5 Å². The first-order chi connectivity index (χ1) is 15.0. The predicted molar refractivity (Wildman–Crippen MR) is 123 cm³/mol. The molecule has 2 aromatic carbocycles. The summed E-state index contributed by atoms with van der Waals surface area (Å²) in [5, 5.41) is 7.59. The summed E-state index contributed by atoms with van der Waals surface area (Å²) >= 11 is 0. The van der Waals surface area contributed by atoms with Gasteiger partial charge >= 0.3 is 0 Å². The lowest BCUT2D eigenvalue weighted by atomic mass is 9.95. The van der Waals surface area contributed by atoms with Gasteiger partial charge in [0.25, 0.3) is 5.91 Å². The minimum atomic E-state index is -0.185. The topological polar surface area (TPSA) is 58.2 Å². The summed E-state index contributed by atoms with van der Waals surface area (Å²) in [6.07, 6.45) is 2.12. The van der Waals surface area contributed by atoms with Crippen molar-refractivity contribution in [3.63, 3.8) is 0 Å². The zero-order valence-electron chi connectivity index (χ0n) is 18.8. The molecule has 1 atom stereocenters. The van der Waals surface area contributed by atoms with E-state index in [4.69, 9.17) is 4.74 Å². The van der Waals surface area contributed by atoms with Gasteiger partial charge in [0.15, 0.2) is 0 Å². The van der Waals surface area contributed by atoms with Gasteiger partial charge < -0.3 is 9.64 Å². The number of aromatic amines is 1. The van der Waals surface area contributed by atoms with Crippen molar-refractivity contribution in [1.82, 2.24) is 15.1 Å². The quantitative estimate of drug-likeness (QED) is 0.474. The third-order valence-electron chi connectivity index (χ3n) is 5.69. The van der Waals surface area contributed by atoms with Gasteiger partial charge in [-0.3, -0.25) is 9.89 Å². The Labute approximate surface area is 184 Å². The van der Waals surface area contributed by atoms with Crippen LogP contribution in [-0.4, -0.2) is 34.2 Å². The molecular formula is C26H31N3O2. The molecule has 4 rings (SSSR count). The maximum Gasteiger partial charge on any atom is 0.273 e. The lowest BCUT2D eigenvalue weighted by Crippen LogP contribution is -2.32. The number of ether oxygens (including phenoxy) is 1. The smallest absolute Gasteiger partial charge is 0.273 e. The molecule has 1 aromatic heterocycles. The Morgan fingerprint density at radius 1 is 1.16 bits per heavy atom. The fourth-order valence-electron chi connectivity index (χ4n) is 4.17. The second-order valence-electron chi connectivity index (χ2n) is 8.76. The van der Waals surface area contributed by atoms with E-state index in [2.05, 4.69) is 74.3 Å². The van der Waals surface area contributed by atoms with Crippen LogP contribution < -0.4 is 4.74 Å². The highest BCUT2D eigenvalue weighted by molar-refractivity contribution is 6.00. The number of unbranched alkanes of at least 4 members (excludes halogenated alkanes) is 1. The van der Waals surface area contributed by atoms with Crippen LogP contribution in [0.2, 0.25) is 0 Å². The number of aromatic nitrogens is 2. The Kier molecular flexibility index (Phi) is 6.12. The molecule has 1 unspecified atom stereocenters. The van der Waals surface area contributed by atoms with Gasteiger partial charge in [0.05, 0.1) is 18.3 Å².